The molecule has 0 aliphatic rings. The van der Waals surface area contributed by atoms with Crippen LogP contribution in [0.1, 0.15) is 25.0 Å². The summed E-state index contributed by atoms with van der Waals surface area (Å²) in [6.45, 7) is 3.47. The van der Waals surface area contributed by atoms with Gasteiger partial charge < -0.3 is 10.6 Å². The molecule has 1 aromatic rings. The number of likely N-dealkylation sites (N-methyl/N-ethyl adjacent to an activating group) is 1. The van der Waals surface area contributed by atoms with Crippen LogP contribution in [0.25, 0.3) is 0 Å². The quantitative estimate of drug-likeness (QED) is 0.926. The van der Waals surface area contributed by atoms with Crippen LogP contribution in [0.2, 0.25) is 0 Å². The molecule has 0 aliphatic carbocycles. The minimum absolute atomic E-state index is 0.0619. The SMILES string of the molecule is CC(C)[C@H](N)C(=O)N(C)Cc1ccccc1C(F)(F)F. The fraction of sp³-hybridized carbons (Fsp3) is 0.500. The number of carbonyl (C=O) groups is 1. The summed E-state index contributed by atoms with van der Waals surface area (Å²) in [5, 5.41) is 0. The lowest BCUT2D eigenvalue weighted by Crippen LogP contribution is -2.44. The minimum Gasteiger partial charge on any atom is -0.340 e. The molecule has 0 aromatic heterocycles. The number of rotatable bonds is 4. The van der Waals surface area contributed by atoms with Crippen molar-refractivity contribution in [2.24, 2.45) is 11.7 Å². The summed E-state index contributed by atoms with van der Waals surface area (Å²) in [5.41, 5.74) is 5.06. The van der Waals surface area contributed by atoms with Crippen LogP contribution in [0.5, 0.6) is 0 Å². The van der Waals surface area contributed by atoms with Crippen molar-refractivity contribution in [1.82, 2.24) is 4.90 Å². The van der Waals surface area contributed by atoms with Gasteiger partial charge in [0.2, 0.25) is 5.91 Å². The number of amides is 1. The van der Waals surface area contributed by atoms with E-state index in [0.29, 0.717) is 0 Å². The van der Waals surface area contributed by atoms with Gasteiger partial charge in [-0.15, -0.1) is 0 Å². The van der Waals surface area contributed by atoms with Crippen molar-refractivity contribution >= 4 is 5.91 Å². The van der Waals surface area contributed by atoms with Gasteiger partial charge in [0.25, 0.3) is 0 Å². The molecule has 0 saturated heterocycles. The predicted molar refractivity (Wildman–Crippen MR) is 70.7 cm³/mol. The maximum absolute atomic E-state index is 12.9. The molecule has 0 fully saturated rings. The Labute approximate surface area is 116 Å². The number of alkyl halides is 3. The highest BCUT2D eigenvalue weighted by Crippen LogP contribution is 2.32. The molecule has 112 valence electrons. The first-order valence-corrected chi connectivity index (χ1v) is 6.30. The van der Waals surface area contributed by atoms with Crippen molar-refractivity contribution in [3.63, 3.8) is 0 Å². The summed E-state index contributed by atoms with van der Waals surface area (Å²) in [5.74, 6) is -0.431. The van der Waals surface area contributed by atoms with E-state index in [-0.39, 0.29) is 23.9 Å². The van der Waals surface area contributed by atoms with E-state index < -0.39 is 17.8 Å². The van der Waals surface area contributed by atoms with Gasteiger partial charge in [-0.05, 0) is 17.5 Å². The third kappa shape index (κ3) is 3.96. The molecule has 0 heterocycles. The fourth-order valence-corrected chi connectivity index (χ4v) is 1.81. The van der Waals surface area contributed by atoms with Gasteiger partial charge in [0.05, 0.1) is 11.6 Å². The molecule has 1 rings (SSSR count). The fourth-order valence-electron chi connectivity index (χ4n) is 1.81. The number of hydrogen-bond acceptors (Lipinski definition) is 2. The van der Waals surface area contributed by atoms with E-state index in [0.717, 1.165) is 6.07 Å². The molecule has 20 heavy (non-hydrogen) atoms. The van der Waals surface area contributed by atoms with Gasteiger partial charge in [-0.2, -0.15) is 13.2 Å². The van der Waals surface area contributed by atoms with Crippen molar-refractivity contribution in [3.05, 3.63) is 35.4 Å². The van der Waals surface area contributed by atoms with Gasteiger partial charge in [0.1, 0.15) is 0 Å². The number of benzene rings is 1. The van der Waals surface area contributed by atoms with Crippen molar-refractivity contribution in [1.29, 1.82) is 0 Å². The van der Waals surface area contributed by atoms with Crippen molar-refractivity contribution < 1.29 is 18.0 Å². The normalized spacial score (nSPS) is 13.4. The summed E-state index contributed by atoms with van der Waals surface area (Å²) < 4.78 is 38.6. The molecule has 3 nitrogen and oxygen atoms in total. The van der Waals surface area contributed by atoms with E-state index in [1.54, 1.807) is 13.8 Å². The van der Waals surface area contributed by atoms with E-state index >= 15 is 0 Å². The van der Waals surface area contributed by atoms with E-state index in [2.05, 4.69) is 0 Å². The first-order chi connectivity index (χ1) is 9.14. The Morgan fingerprint density at radius 3 is 2.35 bits per heavy atom. The number of nitrogens with zero attached hydrogens (tertiary/aromatic N) is 1. The van der Waals surface area contributed by atoms with Crippen LogP contribution in [0, 0.1) is 5.92 Å². The van der Waals surface area contributed by atoms with Gasteiger partial charge in [-0.3, -0.25) is 4.79 Å². The van der Waals surface area contributed by atoms with Crippen LogP contribution < -0.4 is 5.73 Å². The van der Waals surface area contributed by atoms with Crippen LogP contribution in [0.4, 0.5) is 13.2 Å². The van der Waals surface area contributed by atoms with E-state index in [1.807, 2.05) is 0 Å². The molecule has 0 unspecified atom stereocenters. The van der Waals surface area contributed by atoms with Crippen LogP contribution in [-0.4, -0.2) is 23.9 Å². The Morgan fingerprint density at radius 1 is 1.30 bits per heavy atom. The Balaban J connectivity index is 2.92. The zero-order valence-corrected chi connectivity index (χ0v) is 11.7. The maximum atomic E-state index is 12.9. The summed E-state index contributed by atoms with van der Waals surface area (Å²) in [6.07, 6.45) is -4.43. The Morgan fingerprint density at radius 2 is 1.85 bits per heavy atom. The van der Waals surface area contributed by atoms with Crippen molar-refractivity contribution in [2.75, 3.05) is 7.05 Å². The standard InChI is InChI=1S/C14H19F3N2O/c1-9(2)12(18)13(20)19(3)8-10-6-4-5-7-11(10)14(15,16)17/h4-7,9,12H,8,18H2,1-3H3/t12-/m0/s1. The smallest absolute Gasteiger partial charge is 0.340 e. The van der Waals surface area contributed by atoms with E-state index in [4.69, 9.17) is 5.73 Å². The van der Waals surface area contributed by atoms with Crippen molar-refractivity contribution in [2.45, 2.75) is 32.6 Å². The maximum Gasteiger partial charge on any atom is 0.416 e. The lowest BCUT2D eigenvalue weighted by Gasteiger charge is -2.24. The van der Waals surface area contributed by atoms with Gasteiger partial charge in [-0.25, -0.2) is 0 Å². The van der Waals surface area contributed by atoms with Crippen LogP contribution in [-0.2, 0) is 17.5 Å². The molecular formula is C14H19F3N2O. The molecule has 1 aromatic carbocycles. The number of carbonyl (C=O) groups excluding carboxylic acids is 1. The predicted octanol–water partition coefficient (Wildman–Crippen LogP) is 2.65. The third-order valence-electron chi connectivity index (χ3n) is 3.11. The lowest BCUT2D eigenvalue weighted by atomic mass is 10.0. The van der Waals surface area contributed by atoms with Gasteiger partial charge in [0.15, 0.2) is 0 Å². The lowest BCUT2D eigenvalue weighted by molar-refractivity contribution is -0.140. The monoisotopic (exact) mass is 288 g/mol. The third-order valence-corrected chi connectivity index (χ3v) is 3.11. The topological polar surface area (TPSA) is 46.3 Å². The van der Waals surface area contributed by atoms with E-state index in [1.165, 1.54) is 30.1 Å². The molecule has 0 spiro atoms. The first kappa shape index (κ1) is 16.5. The molecule has 0 aliphatic heterocycles. The molecule has 2 N–H and O–H groups in total. The Kier molecular flexibility index (Phi) is 5.16. The Bertz CT molecular complexity index is 472. The second kappa shape index (κ2) is 6.26. The van der Waals surface area contributed by atoms with Crippen LogP contribution in [0.3, 0.4) is 0 Å². The Hall–Kier alpha value is -1.56. The van der Waals surface area contributed by atoms with Crippen LogP contribution in [0.15, 0.2) is 24.3 Å². The summed E-state index contributed by atoms with van der Waals surface area (Å²) >= 11 is 0. The zero-order chi connectivity index (χ0) is 15.5. The second-order valence-electron chi connectivity index (χ2n) is 5.12. The largest absolute Gasteiger partial charge is 0.416 e. The molecular weight excluding hydrogens is 269 g/mol. The number of hydrogen-bond donors (Lipinski definition) is 1. The highest BCUT2D eigenvalue weighted by atomic mass is 19.4. The second-order valence-corrected chi connectivity index (χ2v) is 5.12. The van der Waals surface area contributed by atoms with Crippen molar-refractivity contribution in [3.8, 4) is 0 Å². The molecule has 1 amide bonds. The minimum atomic E-state index is -4.43. The van der Waals surface area contributed by atoms with Gasteiger partial charge in [-0.1, -0.05) is 32.0 Å². The zero-order valence-electron chi connectivity index (χ0n) is 11.7. The number of nitrogens with two attached hydrogens (primary N) is 1. The first-order valence-electron chi connectivity index (χ1n) is 6.30. The van der Waals surface area contributed by atoms with Gasteiger partial charge >= 0.3 is 6.18 Å². The molecule has 0 saturated carbocycles. The highest BCUT2D eigenvalue weighted by Gasteiger charge is 2.33. The van der Waals surface area contributed by atoms with Crippen LogP contribution >= 0.6 is 0 Å². The summed E-state index contributed by atoms with van der Waals surface area (Å²) in [7, 11) is 1.46. The molecule has 0 bridgehead atoms. The number of halogens is 3. The average molecular weight is 288 g/mol. The highest BCUT2D eigenvalue weighted by molar-refractivity contribution is 5.81. The molecule has 0 radical (unpaired) electrons. The molecule has 6 heteroatoms. The summed E-state index contributed by atoms with van der Waals surface area (Å²) in [6, 6.07) is 4.51. The molecule has 1 atom stereocenters. The summed E-state index contributed by atoms with van der Waals surface area (Å²) in [4.78, 5) is 13.2. The van der Waals surface area contributed by atoms with E-state index in [9.17, 15) is 18.0 Å². The average Bonchev–Trinajstić information content (AvgIpc) is 2.36. The van der Waals surface area contributed by atoms with Gasteiger partial charge in [0, 0.05) is 13.6 Å².